The van der Waals surface area contributed by atoms with Gasteiger partial charge in [-0.15, -0.1) is 0 Å². The molecule has 0 bridgehead atoms. The van der Waals surface area contributed by atoms with Crippen molar-refractivity contribution in [2.75, 3.05) is 17.3 Å². The van der Waals surface area contributed by atoms with Crippen LogP contribution in [-0.4, -0.2) is 59.8 Å². The maximum atomic E-state index is 10.3. The van der Waals surface area contributed by atoms with Crippen molar-refractivity contribution < 1.29 is 20.1 Å². The molecule has 1 aliphatic rings. The van der Waals surface area contributed by atoms with Crippen molar-refractivity contribution in [2.45, 2.75) is 31.1 Å². The van der Waals surface area contributed by atoms with Gasteiger partial charge in [0.05, 0.1) is 12.9 Å². The van der Waals surface area contributed by atoms with Crippen LogP contribution in [0.15, 0.2) is 30.6 Å². The number of nitrogens with one attached hydrogen (secondary N) is 2. The molecule has 1 aliphatic heterocycles. The number of hydrogen-bond donors (Lipinski definition) is 6. The fourth-order valence-electron chi connectivity index (χ4n) is 3.19. The highest BCUT2D eigenvalue weighted by molar-refractivity contribution is 6.30. The fraction of sp³-hybridized carbons (Fsp3) is 0.353. The molecule has 4 atom stereocenters. The van der Waals surface area contributed by atoms with E-state index in [2.05, 4.69) is 25.7 Å². The lowest BCUT2D eigenvalue weighted by Crippen LogP contribution is -2.33. The molecule has 29 heavy (non-hydrogen) atoms. The third-order valence-corrected chi connectivity index (χ3v) is 4.97. The van der Waals surface area contributed by atoms with Crippen LogP contribution in [0.5, 0.6) is 0 Å². The minimum atomic E-state index is -1.26. The number of halogens is 1. The van der Waals surface area contributed by atoms with E-state index in [9.17, 15) is 15.3 Å². The Balaban J connectivity index is 1.67. The van der Waals surface area contributed by atoms with Crippen molar-refractivity contribution in [2.24, 2.45) is 5.84 Å². The first kappa shape index (κ1) is 19.8. The van der Waals surface area contributed by atoms with Gasteiger partial charge in [-0.05, 0) is 17.7 Å². The van der Waals surface area contributed by atoms with Gasteiger partial charge in [0.2, 0.25) is 5.95 Å². The normalized spacial score (nSPS) is 24.2. The molecule has 2 aromatic heterocycles. The molecule has 0 saturated carbocycles. The highest BCUT2D eigenvalue weighted by Gasteiger charge is 2.44. The van der Waals surface area contributed by atoms with E-state index < -0.39 is 31.1 Å². The third kappa shape index (κ3) is 3.71. The molecule has 0 unspecified atom stereocenters. The van der Waals surface area contributed by atoms with Crippen LogP contribution >= 0.6 is 11.6 Å². The van der Waals surface area contributed by atoms with Crippen LogP contribution in [0.25, 0.3) is 11.2 Å². The second-order valence-corrected chi connectivity index (χ2v) is 7.01. The fourth-order valence-corrected chi connectivity index (χ4v) is 3.31. The number of hydrazine groups is 1. The number of aliphatic hydroxyl groups is 3. The zero-order valence-electron chi connectivity index (χ0n) is 15.1. The molecule has 1 aromatic carbocycles. The zero-order chi connectivity index (χ0) is 20.5. The maximum Gasteiger partial charge on any atom is 0.241 e. The van der Waals surface area contributed by atoms with Crippen molar-refractivity contribution in [1.82, 2.24) is 19.5 Å². The molecule has 0 radical (unpaired) electrons. The number of ether oxygens (including phenoxy) is 1. The van der Waals surface area contributed by atoms with Gasteiger partial charge in [0, 0.05) is 11.6 Å². The molecule has 11 nitrogen and oxygen atoms in total. The highest BCUT2D eigenvalue weighted by Crippen LogP contribution is 2.32. The predicted octanol–water partition coefficient (Wildman–Crippen LogP) is -0.0111. The van der Waals surface area contributed by atoms with E-state index in [1.807, 2.05) is 12.1 Å². The van der Waals surface area contributed by atoms with E-state index in [1.54, 1.807) is 12.1 Å². The van der Waals surface area contributed by atoms with E-state index >= 15 is 0 Å². The van der Waals surface area contributed by atoms with Crippen LogP contribution < -0.4 is 16.6 Å². The van der Waals surface area contributed by atoms with Crippen molar-refractivity contribution in [3.05, 3.63) is 41.2 Å². The number of fused-ring (bicyclic) bond motifs is 1. The smallest absolute Gasteiger partial charge is 0.241 e. The molecular weight excluding hydrogens is 402 g/mol. The number of aromatic nitrogens is 4. The van der Waals surface area contributed by atoms with E-state index in [4.69, 9.17) is 22.2 Å². The summed E-state index contributed by atoms with van der Waals surface area (Å²) in [5, 5.41) is 33.5. The maximum absolute atomic E-state index is 10.3. The van der Waals surface area contributed by atoms with Crippen LogP contribution in [0.2, 0.25) is 5.02 Å². The second-order valence-electron chi connectivity index (χ2n) is 6.57. The van der Waals surface area contributed by atoms with Crippen molar-refractivity contribution in [3.8, 4) is 0 Å². The summed E-state index contributed by atoms with van der Waals surface area (Å²) in [5.74, 6) is 6.05. The first-order valence-electron chi connectivity index (χ1n) is 8.83. The molecule has 3 heterocycles. The average molecular weight is 422 g/mol. The number of nitrogens with two attached hydrogens (primary N) is 1. The SMILES string of the molecule is NNc1nc(NCc2ccc(Cl)cc2)c2ncn([C@@H]3O[C@H](CO)[C@@H](O)[C@H]3O)c2n1. The lowest BCUT2D eigenvalue weighted by atomic mass is 10.1. The first-order valence-corrected chi connectivity index (χ1v) is 9.21. The van der Waals surface area contributed by atoms with Gasteiger partial charge < -0.3 is 25.4 Å². The Hall–Kier alpha value is -2.54. The predicted molar refractivity (Wildman–Crippen MR) is 105 cm³/mol. The van der Waals surface area contributed by atoms with Gasteiger partial charge in [-0.3, -0.25) is 9.99 Å². The van der Waals surface area contributed by atoms with Crippen molar-refractivity contribution in [3.63, 3.8) is 0 Å². The standard InChI is InChI=1S/C17H20ClN7O4/c18-9-3-1-8(2-4-9)5-20-14-11-15(23-17(22-14)24-19)25(7-21-11)16-13(28)12(27)10(6-26)29-16/h1-4,7,10,12-13,16,26-28H,5-6,19H2,(H2,20,22,23,24)/t10-,12-,13-,16-/m1/s1. The minimum absolute atomic E-state index is 0.129. The van der Waals surface area contributed by atoms with Crippen LogP contribution in [-0.2, 0) is 11.3 Å². The molecule has 7 N–H and O–H groups in total. The number of rotatable bonds is 6. The number of imidazole rings is 1. The first-order chi connectivity index (χ1) is 14.0. The van der Waals surface area contributed by atoms with E-state index in [0.717, 1.165) is 5.56 Å². The molecular formula is C17H20ClN7O4. The highest BCUT2D eigenvalue weighted by atomic mass is 35.5. The minimum Gasteiger partial charge on any atom is -0.394 e. The van der Waals surface area contributed by atoms with Gasteiger partial charge in [-0.2, -0.15) is 9.97 Å². The van der Waals surface area contributed by atoms with Gasteiger partial charge in [0.1, 0.15) is 18.3 Å². The largest absolute Gasteiger partial charge is 0.394 e. The van der Waals surface area contributed by atoms with Gasteiger partial charge in [0.15, 0.2) is 23.2 Å². The molecule has 0 spiro atoms. The quantitative estimate of drug-likeness (QED) is 0.235. The number of aliphatic hydroxyl groups excluding tert-OH is 3. The summed E-state index contributed by atoms with van der Waals surface area (Å²) in [7, 11) is 0. The van der Waals surface area contributed by atoms with Crippen LogP contribution in [0.4, 0.5) is 11.8 Å². The van der Waals surface area contributed by atoms with Crippen molar-refractivity contribution >= 4 is 34.5 Å². The summed E-state index contributed by atoms with van der Waals surface area (Å²) in [6.45, 7) is 0.0217. The summed E-state index contributed by atoms with van der Waals surface area (Å²) in [6, 6.07) is 7.34. The Labute approximate surface area is 170 Å². The lowest BCUT2D eigenvalue weighted by Gasteiger charge is -2.17. The van der Waals surface area contributed by atoms with Gasteiger partial charge >= 0.3 is 0 Å². The van der Waals surface area contributed by atoms with E-state index in [1.165, 1.54) is 10.9 Å². The Bertz CT molecular complexity index is 999. The molecule has 1 fully saturated rings. The lowest BCUT2D eigenvalue weighted by molar-refractivity contribution is -0.0511. The molecule has 154 valence electrons. The Kier molecular flexibility index (Phi) is 5.50. The number of nitrogens with zero attached hydrogens (tertiary/aromatic N) is 4. The topological polar surface area (TPSA) is 164 Å². The van der Waals surface area contributed by atoms with Gasteiger partial charge in [-0.25, -0.2) is 10.8 Å². The molecule has 0 amide bonds. The number of anilines is 2. The number of nitrogen functional groups attached to an aromatic ring is 1. The Morgan fingerprint density at radius 3 is 2.59 bits per heavy atom. The summed E-state index contributed by atoms with van der Waals surface area (Å²) in [4.78, 5) is 12.9. The van der Waals surface area contributed by atoms with E-state index in [0.29, 0.717) is 28.5 Å². The number of benzene rings is 1. The summed E-state index contributed by atoms with van der Waals surface area (Å²) < 4.78 is 7.04. The summed E-state index contributed by atoms with van der Waals surface area (Å²) in [6.07, 6.45) is -2.97. The van der Waals surface area contributed by atoms with Crippen LogP contribution in [0.3, 0.4) is 0 Å². The summed E-state index contributed by atoms with van der Waals surface area (Å²) >= 11 is 5.91. The number of hydrogen-bond acceptors (Lipinski definition) is 10. The molecule has 3 aromatic rings. The van der Waals surface area contributed by atoms with Crippen LogP contribution in [0, 0.1) is 0 Å². The Morgan fingerprint density at radius 2 is 1.93 bits per heavy atom. The van der Waals surface area contributed by atoms with Gasteiger partial charge in [-0.1, -0.05) is 23.7 Å². The van der Waals surface area contributed by atoms with E-state index in [-0.39, 0.29) is 5.95 Å². The van der Waals surface area contributed by atoms with Gasteiger partial charge in [0.25, 0.3) is 0 Å². The molecule has 1 saturated heterocycles. The average Bonchev–Trinajstić information content (AvgIpc) is 3.28. The second kappa shape index (κ2) is 8.06. The monoisotopic (exact) mass is 421 g/mol. The molecule has 12 heteroatoms. The zero-order valence-corrected chi connectivity index (χ0v) is 15.9. The van der Waals surface area contributed by atoms with Crippen LogP contribution in [0.1, 0.15) is 11.8 Å². The molecule has 0 aliphatic carbocycles. The third-order valence-electron chi connectivity index (χ3n) is 4.72. The Morgan fingerprint density at radius 1 is 1.17 bits per heavy atom. The summed E-state index contributed by atoms with van der Waals surface area (Å²) in [5.41, 5.74) is 4.14. The van der Waals surface area contributed by atoms with Crippen molar-refractivity contribution in [1.29, 1.82) is 0 Å². The molecule has 4 rings (SSSR count).